The van der Waals surface area contributed by atoms with E-state index in [0.29, 0.717) is 19.6 Å². The minimum Gasteiger partial charge on any atom is -0.380 e. The number of rotatable bonds is 9. The summed E-state index contributed by atoms with van der Waals surface area (Å²) in [6.07, 6.45) is 0.482. The quantitative estimate of drug-likeness (QED) is 0.639. The molecular weight excluding hydrogens is 216 g/mol. The fraction of sp³-hybridized carbons (Fsp3) is 0.923. The standard InChI is InChI=1S/C13H28N2O2/c1-12(2,6-11(16)7-14)9-17-10-13(3,4)8-15-5/h15H,6-10,14H2,1-5H3. The van der Waals surface area contributed by atoms with Gasteiger partial charge in [0.2, 0.25) is 0 Å². The molecule has 0 spiro atoms. The van der Waals surface area contributed by atoms with Gasteiger partial charge < -0.3 is 15.8 Å². The molecule has 0 unspecified atom stereocenters. The Hall–Kier alpha value is -0.450. The second-order valence-corrected chi connectivity index (χ2v) is 6.27. The molecule has 0 fully saturated rings. The van der Waals surface area contributed by atoms with Crippen molar-refractivity contribution in [3.63, 3.8) is 0 Å². The van der Waals surface area contributed by atoms with Crippen molar-refractivity contribution in [2.45, 2.75) is 34.1 Å². The summed E-state index contributed by atoms with van der Waals surface area (Å²) in [6.45, 7) is 10.7. The van der Waals surface area contributed by atoms with Crippen LogP contribution in [-0.2, 0) is 9.53 Å². The molecule has 0 aliphatic carbocycles. The van der Waals surface area contributed by atoms with E-state index in [1.807, 2.05) is 20.9 Å². The first-order valence-electron chi connectivity index (χ1n) is 6.16. The second kappa shape index (κ2) is 7.09. The third-order valence-electron chi connectivity index (χ3n) is 2.54. The zero-order valence-corrected chi connectivity index (χ0v) is 11.9. The minimum atomic E-state index is -0.133. The predicted octanol–water partition coefficient (Wildman–Crippen LogP) is 1.19. The SMILES string of the molecule is CNCC(C)(C)COCC(C)(C)CC(=O)CN. The van der Waals surface area contributed by atoms with Crippen LogP contribution >= 0.6 is 0 Å². The lowest BCUT2D eigenvalue weighted by molar-refractivity contribution is -0.120. The summed E-state index contributed by atoms with van der Waals surface area (Å²) in [5.41, 5.74) is 5.30. The van der Waals surface area contributed by atoms with Crippen LogP contribution in [0.15, 0.2) is 0 Å². The van der Waals surface area contributed by atoms with Gasteiger partial charge in [0, 0.05) is 18.4 Å². The number of hydrogen-bond acceptors (Lipinski definition) is 4. The Morgan fingerprint density at radius 3 is 2.18 bits per heavy atom. The molecule has 0 aromatic rings. The van der Waals surface area contributed by atoms with Crippen LogP contribution in [0.1, 0.15) is 34.1 Å². The molecule has 17 heavy (non-hydrogen) atoms. The lowest BCUT2D eigenvalue weighted by Gasteiger charge is -2.28. The number of nitrogens with two attached hydrogens (primary N) is 1. The summed E-state index contributed by atoms with van der Waals surface area (Å²) in [6, 6.07) is 0. The number of nitrogens with one attached hydrogen (secondary N) is 1. The van der Waals surface area contributed by atoms with Gasteiger partial charge in [0.1, 0.15) is 5.78 Å². The number of carbonyl (C=O) groups excluding carboxylic acids is 1. The molecule has 0 aromatic carbocycles. The lowest BCUT2D eigenvalue weighted by Crippen LogP contribution is -2.33. The third kappa shape index (κ3) is 8.30. The first kappa shape index (κ1) is 16.6. The van der Waals surface area contributed by atoms with E-state index in [4.69, 9.17) is 10.5 Å². The molecule has 4 nitrogen and oxygen atoms in total. The van der Waals surface area contributed by atoms with Gasteiger partial charge in [0.05, 0.1) is 19.8 Å². The largest absolute Gasteiger partial charge is 0.380 e. The highest BCUT2D eigenvalue weighted by molar-refractivity contribution is 5.80. The zero-order chi connectivity index (χ0) is 13.5. The van der Waals surface area contributed by atoms with Crippen LogP contribution in [0.2, 0.25) is 0 Å². The molecule has 0 bridgehead atoms. The van der Waals surface area contributed by atoms with Gasteiger partial charge in [0.15, 0.2) is 0 Å². The van der Waals surface area contributed by atoms with Crippen molar-refractivity contribution < 1.29 is 9.53 Å². The van der Waals surface area contributed by atoms with Gasteiger partial charge in [-0.15, -0.1) is 0 Å². The summed E-state index contributed by atoms with van der Waals surface area (Å²) in [5, 5.41) is 3.15. The molecule has 4 heteroatoms. The van der Waals surface area contributed by atoms with Crippen LogP contribution in [0.5, 0.6) is 0 Å². The van der Waals surface area contributed by atoms with Gasteiger partial charge in [-0.05, 0) is 12.5 Å². The van der Waals surface area contributed by atoms with E-state index in [0.717, 1.165) is 6.54 Å². The fourth-order valence-electron chi connectivity index (χ4n) is 1.79. The van der Waals surface area contributed by atoms with Crippen LogP contribution < -0.4 is 11.1 Å². The molecular formula is C13H28N2O2. The Balaban J connectivity index is 3.98. The van der Waals surface area contributed by atoms with E-state index in [1.165, 1.54) is 0 Å². The van der Waals surface area contributed by atoms with E-state index >= 15 is 0 Å². The number of carbonyl (C=O) groups is 1. The van der Waals surface area contributed by atoms with Crippen LogP contribution in [0.25, 0.3) is 0 Å². The summed E-state index contributed by atoms with van der Waals surface area (Å²) in [7, 11) is 1.94. The maximum Gasteiger partial charge on any atom is 0.147 e. The average Bonchev–Trinajstić information content (AvgIpc) is 2.15. The molecule has 0 saturated carbocycles. The van der Waals surface area contributed by atoms with E-state index in [1.54, 1.807) is 0 Å². The van der Waals surface area contributed by atoms with Crippen LogP contribution in [0, 0.1) is 10.8 Å². The highest BCUT2D eigenvalue weighted by Crippen LogP contribution is 2.22. The molecule has 0 aromatic heterocycles. The predicted molar refractivity (Wildman–Crippen MR) is 71.0 cm³/mol. The summed E-state index contributed by atoms with van der Waals surface area (Å²) < 4.78 is 5.73. The Kier molecular flexibility index (Phi) is 6.90. The fourth-order valence-corrected chi connectivity index (χ4v) is 1.79. The monoisotopic (exact) mass is 244 g/mol. The van der Waals surface area contributed by atoms with Gasteiger partial charge in [-0.25, -0.2) is 0 Å². The second-order valence-electron chi connectivity index (χ2n) is 6.27. The Morgan fingerprint density at radius 2 is 1.71 bits per heavy atom. The van der Waals surface area contributed by atoms with Gasteiger partial charge >= 0.3 is 0 Å². The van der Waals surface area contributed by atoms with Gasteiger partial charge in [-0.2, -0.15) is 0 Å². The Morgan fingerprint density at radius 1 is 1.18 bits per heavy atom. The first-order chi connectivity index (χ1) is 7.72. The van der Waals surface area contributed by atoms with Crippen molar-refractivity contribution in [1.82, 2.24) is 5.32 Å². The van der Waals surface area contributed by atoms with Crippen molar-refractivity contribution in [3.05, 3.63) is 0 Å². The summed E-state index contributed by atoms with van der Waals surface area (Å²) >= 11 is 0. The van der Waals surface area contributed by atoms with Crippen molar-refractivity contribution in [2.75, 3.05) is 33.4 Å². The van der Waals surface area contributed by atoms with Crippen LogP contribution in [0.4, 0.5) is 0 Å². The molecule has 0 rings (SSSR count). The summed E-state index contributed by atoms with van der Waals surface area (Å²) in [5.74, 6) is 0.0908. The maximum absolute atomic E-state index is 11.3. The average molecular weight is 244 g/mol. The Labute approximate surface area is 105 Å². The smallest absolute Gasteiger partial charge is 0.147 e. The third-order valence-corrected chi connectivity index (χ3v) is 2.54. The molecule has 0 atom stereocenters. The molecule has 0 radical (unpaired) electrons. The van der Waals surface area contributed by atoms with Gasteiger partial charge in [-0.3, -0.25) is 4.79 Å². The molecule has 0 amide bonds. The van der Waals surface area contributed by atoms with E-state index < -0.39 is 0 Å². The minimum absolute atomic E-state index is 0.0908. The topological polar surface area (TPSA) is 64.3 Å². The number of ether oxygens (including phenoxy) is 1. The molecule has 0 aliphatic rings. The van der Waals surface area contributed by atoms with Crippen LogP contribution in [0.3, 0.4) is 0 Å². The molecule has 102 valence electrons. The highest BCUT2D eigenvalue weighted by atomic mass is 16.5. The molecule has 0 heterocycles. The number of hydrogen-bond donors (Lipinski definition) is 2. The van der Waals surface area contributed by atoms with Crippen molar-refractivity contribution in [1.29, 1.82) is 0 Å². The van der Waals surface area contributed by atoms with Crippen molar-refractivity contribution in [3.8, 4) is 0 Å². The zero-order valence-electron chi connectivity index (χ0n) is 11.9. The van der Waals surface area contributed by atoms with E-state index in [9.17, 15) is 4.79 Å². The van der Waals surface area contributed by atoms with E-state index in [-0.39, 0.29) is 23.2 Å². The van der Waals surface area contributed by atoms with Gasteiger partial charge in [-0.1, -0.05) is 27.7 Å². The van der Waals surface area contributed by atoms with Crippen molar-refractivity contribution >= 4 is 5.78 Å². The maximum atomic E-state index is 11.3. The molecule has 0 saturated heterocycles. The van der Waals surface area contributed by atoms with Crippen molar-refractivity contribution in [2.24, 2.45) is 16.6 Å². The Bertz CT molecular complexity index is 238. The lowest BCUT2D eigenvalue weighted by atomic mass is 9.88. The number of Topliss-reactive ketones (excluding diaryl/α,β-unsaturated/α-hetero) is 1. The highest BCUT2D eigenvalue weighted by Gasteiger charge is 2.24. The molecule has 0 aliphatic heterocycles. The first-order valence-corrected chi connectivity index (χ1v) is 6.16. The molecule has 3 N–H and O–H groups in total. The van der Waals surface area contributed by atoms with Gasteiger partial charge in [0.25, 0.3) is 0 Å². The van der Waals surface area contributed by atoms with E-state index in [2.05, 4.69) is 19.2 Å². The number of ketones is 1. The normalized spacial score (nSPS) is 12.8. The van der Waals surface area contributed by atoms with Crippen LogP contribution in [-0.4, -0.2) is 39.1 Å². The summed E-state index contributed by atoms with van der Waals surface area (Å²) in [4.78, 5) is 11.3.